The monoisotopic (exact) mass is 373 g/mol. The molecule has 0 aromatic heterocycles. The van der Waals surface area contributed by atoms with Crippen LogP contribution in [0.5, 0.6) is 0 Å². The van der Waals surface area contributed by atoms with Gasteiger partial charge < -0.3 is 20.7 Å². The third kappa shape index (κ3) is 5.53. The van der Waals surface area contributed by atoms with Crippen molar-refractivity contribution >= 4 is 29.2 Å². The van der Waals surface area contributed by atoms with Gasteiger partial charge in [0.25, 0.3) is 5.91 Å². The maximum absolute atomic E-state index is 12.8. The summed E-state index contributed by atoms with van der Waals surface area (Å²) in [7, 11) is 1.40. The number of carbonyl (C=O) groups excluding carboxylic acids is 3. The topological polar surface area (TPSA) is 102 Å². The Hall–Kier alpha value is -3.42. The lowest BCUT2D eigenvalue weighted by Crippen LogP contribution is -2.37. The summed E-state index contributed by atoms with van der Waals surface area (Å²) in [5.74, 6) is -2.15. The van der Waals surface area contributed by atoms with Gasteiger partial charge in [-0.3, -0.25) is 9.59 Å². The lowest BCUT2D eigenvalue weighted by molar-refractivity contribution is -0.136. The van der Waals surface area contributed by atoms with Gasteiger partial charge in [0, 0.05) is 18.4 Å². The first-order valence-corrected chi connectivity index (χ1v) is 8.09. The average Bonchev–Trinajstić information content (AvgIpc) is 2.63. The molecule has 0 saturated carbocycles. The summed E-state index contributed by atoms with van der Waals surface area (Å²) < 4.78 is 17.8. The number of nitrogen functional groups attached to an aromatic ring is 1. The SMILES string of the molecule is Cc1cccc(C(=O)OCC(=O)N(C)CC(=O)Nc2ccc(F)cc2)c1N. The van der Waals surface area contributed by atoms with E-state index < -0.39 is 30.2 Å². The molecule has 0 spiro atoms. The molecule has 0 radical (unpaired) electrons. The lowest BCUT2D eigenvalue weighted by Gasteiger charge is -2.17. The highest BCUT2D eigenvalue weighted by molar-refractivity contribution is 5.97. The molecule has 0 saturated heterocycles. The van der Waals surface area contributed by atoms with Crippen LogP contribution in [0.4, 0.5) is 15.8 Å². The van der Waals surface area contributed by atoms with Crippen LogP contribution in [0.2, 0.25) is 0 Å². The molecule has 0 aliphatic carbocycles. The number of halogens is 1. The molecule has 27 heavy (non-hydrogen) atoms. The van der Waals surface area contributed by atoms with Crippen LogP contribution in [0, 0.1) is 12.7 Å². The van der Waals surface area contributed by atoms with Crippen molar-refractivity contribution in [2.45, 2.75) is 6.92 Å². The minimum Gasteiger partial charge on any atom is -0.452 e. The van der Waals surface area contributed by atoms with E-state index in [1.165, 1.54) is 37.4 Å². The van der Waals surface area contributed by atoms with E-state index in [1.807, 2.05) is 0 Å². The molecule has 0 aliphatic heterocycles. The Morgan fingerprint density at radius 2 is 1.81 bits per heavy atom. The molecule has 0 unspecified atom stereocenters. The smallest absolute Gasteiger partial charge is 0.340 e. The molecule has 2 rings (SSSR count). The van der Waals surface area contributed by atoms with Gasteiger partial charge in [0.05, 0.1) is 12.1 Å². The molecule has 3 N–H and O–H groups in total. The van der Waals surface area contributed by atoms with Crippen LogP contribution in [-0.4, -0.2) is 42.9 Å². The first kappa shape index (κ1) is 19.9. The first-order valence-electron chi connectivity index (χ1n) is 8.09. The zero-order valence-electron chi connectivity index (χ0n) is 15.0. The molecule has 0 atom stereocenters. The minimum atomic E-state index is -0.714. The number of benzene rings is 2. The van der Waals surface area contributed by atoms with Crippen molar-refractivity contribution in [1.29, 1.82) is 0 Å². The molecular weight excluding hydrogens is 353 g/mol. The molecular formula is C19H20FN3O4. The zero-order chi connectivity index (χ0) is 20.0. The Morgan fingerprint density at radius 3 is 2.48 bits per heavy atom. The minimum absolute atomic E-state index is 0.180. The molecule has 0 fully saturated rings. The normalized spacial score (nSPS) is 10.2. The summed E-state index contributed by atoms with van der Waals surface area (Å²) in [5.41, 5.74) is 7.43. The number of aryl methyl sites for hydroxylation is 1. The Labute approximate surface area is 155 Å². The number of hydrogen-bond acceptors (Lipinski definition) is 5. The van der Waals surface area contributed by atoms with Crippen molar-refractivity contribution in [3.05, 3.63) is 59.4 Å². The van der Waals surface area contributed by atoms with Crippen molar-refractivity contribution < 1.29 is 23.5 Å². The van der Waals surface area contributed by atoms with Gasteiger partial charge in [-0.15, -0.1) is 0 Å². The number of nitrogens with zero attached hydrogens (tertiary/aromatic N) is 1. The second-order valence-corrected chi connectivity index (χ2v) is 5.92. The lowest BCUT2D eigenvalue weighted by atomic mass is 10.1. The number of carbonyl (C=O) groups is 3. The standard InChI is InChI=1S/C19H20FN3O4/c1-12-4-3-5-15(18(12)21)19(26)27-11-17(25)23(2)10-16(24)22-14-8-6-13(20)7-9-14/h3-9H,10-11,21H2,1-2H3,(H,22,24). The number of para-hydroxylation sites is 1. The summed E-state index contributed by atoms with van der Waals surface area (Å²) in [6, 6.07) is 10.2. The van der Waals surface area contributed by atoms with Gasteiger partial charge >= 0.3 is 5.97 Å². The number of likely N-dealkylation sites (N-methyl/N-ethyl adjacent to an activating group) is 1. The van der Waals surface area contributed by atoms with Crippen molar-refractivity contribution in [2.24, 2.45) is 0 Å². The highest BCUT2D eigenvalue weighted by atomic mass is 19.1. The van der Waals surface area contributed by atoms with Gasteiger partial charge in [-0.25, -0.2) is 9.18 Å². The van der Waals surface area contributed by atoms with E-state index in [9.17, 15) is 18.8 Å². The third-order valence-electron chi connectivity index (χ3n) is 3.81. The molecule has 2 aromatic rings. The molecule has 7 nitrogen and oxygen atoms in total. The number of ether oxygens (including phenoxy) is 1. The van der Waals surface area contributed by atoms with E-state index in [0.29, 0.717) is 11.4 Å². The van der Waals surface area contributed by atoms with Crippen molar-refractivity contribution in [2.75, 3.05) is 31.2 Å². The quantitative estimate of drug-likeness (QED) is 0.595. The van der Waals surface area contributed by atoms with Gasteiger partial charge in [-0.05, 0) is 42.8 Å². The van der Waals surface area contributed by atoms with E-state index >= 15 is 0 Å². The fourth-order valence-corrected chi connectivity index (χ4v) is 2.21. The van der Waals surface area contributed by atoms with Crippen LogP contribution in [0.3, 0.4) is 0 Å². The predicted octanol–water partition coefficient (Wildman–Crippen LogP) is 1.97. The average molecular weight is 373 g/mol. The summed E-state index contributed by atoms with van der Waals surface area (Å²) in [4.78, 5) is 37.2. The summed E-state index contributed by atoms with van der Waals surface area (Å²) in [6.07, 6.45) is 0. The first-order chi connectivity index (χ1) is 12.8. The largest absolute Gasteiger partial charge is 0.452 e. The molecule has 2 aromatic carbocycles. The van der Waals surface area contributed by atoms with E-state index in [4.69, 9.17) is 10.5 Å². The van der Waals surface area contributed by atoms with Crippen LogP contribution in [0.25, 0.3) is 0 Å². The number of amides is 2. The number of rotatable bonds is 6. The molecule has 0 heterocycles. The van der Waals surface area contributed by atoms with Crippen LogP contribution in [-0.2, 0) is 14.3 Å². The van der Waals surface area contributed by atoms with Crippen molar-refractivity contribution in [1.82, 2.24) is 4.90 Å². The van der Waals surface area contributed by atoms with E-state index in [2.05, 4.69) is 5.32 Å². The summed E-state index contributed by atoms with van der Waals surface area (Å²) >= 11 is 0. The Kier molecular flexibility index (Phi) is 6.48. The van der Waals surface area contributed by atoms with Gasteiger partial charge in [0.1, 0.15) is 5.82 Å². The molecule has 8 heteroatoms. The second-order valence-electron chi connectivity index (χ2n) is 5.92. The number of esters is 1. The van der Waals surface area contributed by atoms with Gasteiger partial charge in [-0.2, -0.15) is 0 Å². The van der Waals surface area contributed by atoms with E-state index in [-0.39, 0.29) is 12.1 Å². The molecule has 142 valence electrons. The number of anilines is 2. The molecule has 0 aliphatic rings. The summed E-state index contributed by atoms with van der Waals surface area (Å²) in [5, 5.41) is 2.54. The van der Waals surface area contributed by atoms with Crippen LogP contribution < -0.4 is 11.1 Å². The number of hydrogen-bond donors (Lipinski definition) is 2. The Balaban J connectivity index is 1.84. The maximum atomic E-state index is 12.8. The van der Waals surface area contributed by atoms with E-state index in [1.54, 1.807) is 19.1 Å². The zero-order valence-corrected chi connectivity index (χ0v) is 15.0. The highest BCUT2D eigenvalue weighted by Crippen LogP contribution is 2.17. The van der Waals surface area contributed by atoms with E-state index in [0.717, 1.165) is 10.5 Å². The Bertz CT molecular complexity index is 853. The van der Waals surface area contributed by atoms with Gasteiger partial charge in [0.15, 0.2) is 6.61 Å². The van der Waals surface area contributed by atoms with Crippen LogP contribution in [0.1, 0.15) is 15.9 Å². The number of nitrogens with two attached hydrogens (primary N) is 1. The summed E-state index contributed by atoms with van der Waals surface area (Å²) in [6.45, 7) is 0.984. The van der Waals surface area contributed by atoms with Crippen LogP contribution >= 0.6 is 0 Å². The van der Waals surface area contributed by atoms with Crippen molar-refractivity contribution in [3.63, 3.8) is 0 Å². The number of nitrogens with one attached hydrogen (secondary N) is 1. The van der Waals surface area contributed by atoms with Gasteiger partial charge in [-0.1, -0.05) is 12.1 Å². The third-order valence-corrected chi connectivity index (χ3v) is 3.81. The molecule has 2 amide bonds. The van der Waals surface area contributed by atoms with Crippen LogP contribution in [0.15, 0.2) is 42.5 Å². The Morgan fingerprint density at radius 1 is 1.15 bits per heavy atom. The maximum Gasteiger partial charge on any atom is 0.340 e. The second kappa shape index (κ2) is 8.79. The fourth-order valence-electron chi connectivity index (χ4n) is 2.21. The predicted molar refractivity (Wildman–Crippen MR) is 98.5 cm³/mol. The fraction of sp³-hybridized carbons (Fsp3) is 0.211. The van der Waals surface area contributed by atoms with Crippen molar-refractivity contribution in [3.8, 4) is 0 Å². The van der Waals surface area contributed by atoms with Gasteiger partial charge in [0.2, 0.25) is 5.91 Å². The molecule has 0 bridgehead atoms. The highest BCUT2D eigenvalue weighted by Gasteiger charge is 2.17.